The Kier molecular flexibility index (Phi) is 5.17. The molecule has 0 aromatic carbocycles. The summed E-state index contributed by atoms with van der Waals surface area (Å²) in [5.41, 5.74) is 5.44. The number of hydrogen-bond acceptors (Lipinski definition) is 8. The standard InChI is InChI=1S/C10H18N6O3S2/c1-15(8-2-5-21(18,19)7-8)9(17)6-20-10-12-13-14-16(10)4-3-11/h8H,2-7,11H2,1H3. The first kappa shape index (κ1) is 16.2. The van der Waals surface area contributed by atoms with E-state index in [4.69, 9.17) is 5.73 Å². The summed E-state index contributed by atoms with van der Waals surface area (Å²) >= 11 is 1.22. The van der Waals surface area contributed by atoms with Crippen LogP contribution in [-0.2, 0) is 21.2 Å². The molecule has 1 amide bonds. The Bertz CT molecular complexity index is 602. The molecule has 1 unspecified atom stereocenters. The summed E-state index contributed by atoms with van der Waals surface area (Å²) in [4.78, 5) is 13.6. The summed E-state index contributed by atoms with van der Waals surface area (Å²) in [6.45, 7) is 0.895. The molecule has 1 fully saturated rings. The van der Waals surface area contributed by atoms with Crippen LogP contribution < -0.4 is 5.73 Å². The van der Waals surface area contributed by atoms with Crippen LogP contribution in [0.25, 0.3) is 0 Å². The first-order valence-electron chi connectivity index (χ1n) is 6.48. The van der Waals surface area contributed by atoms with E-state index in [9.17, 15) is 13.2 Å². The van der Waals surface area contributed by atoms with Crippen LogP contribution >= 0.6 is 11.8 Å². The number of carbonyl (C=O) groups excluding carboxylic acids is 1. The monoisotopic (exact) mass is 334 g/mol. The van der Waals surface area contributed by atoms with Crippen molar-refractivity contribution in [3.05, 3.63) is 0 Å². The second-order valence-corrected chi connectivity index (χ2v) is 7.99. The molecule has 118 valence electrons. The molecular weight excluding hydrogens is 316 g/mol. The van der Waals surface area contributed by atoms with Gasteiger partial charge >= 0.3 is 0 Å². The maximum absolute atomic E-state index is 12.1. The third kappa shape index (κ3) is 4.14. The molecule has 1 atom stereocenters. The zero-order chi connectivity index (χ0) is 15.5. The van der Waals surface area contributed by atoms with Crippen LogP contribution in [0.5, 0.6) is 0 Å². The molecule has 1 aliphatic heterocycles. The SMILES string of the molecule is CN(C(=O)CSc1nnnn1CCN)C1CCS(=O)(=O)C1. The normalized spacial score (nSPS) is 20.6. The molecule has 2 N–H and O–H groups in total. The van der Waals surface area contributed by atoms with Crippen molar-refractivity contribution in [2.45, 2.75) is 24.2 Å². The molecule has 0 radical (unpaired) electrons. The van der Waals surface area contributed by atoms with Crippen LogP contribution in [0.2, 0.25) is 0 Å². The second kappa shape index (κ2) is 6.71. The van der Waals surface area contributed by atoms with E-state index in [0.29, 0.717) is 24.7 Å². The molecule has 11 heteroatoms. The van der Waals surface area contributed by atoms with Gasteiger partial charge in [0, 0.05) is 19.6 Å². The highest BCUT2D eigenvalue weighted by molar-refractivity contribution is 7.99. The number of rotatable bonds is 6. The fourth-order valence-electron chi connectivity index (χ4n) is 2.08. The second-order valence-electron chi connectivity index (χ2n) is 4.82. The third-order valence-corrected chi connectivity index (χ3v) is 6.01. The average molecular weight is 334 g/mol. The van der Waals surface area contributed by atoms with Gasteiger partial charge in [-0.05, 0) is 16.8 Å². The molecule has 0 saturated carbocycles. The number of carbonyl (C=O) groups is 1. The van der Waals surface area contributed by atoms with E-state index in [-0.39, 0.29) is 29.2 Å². The van der Waals surface area contributed by atoms with Crippen LogP contribution in [0.3, 0.4) is 0 Å². The average Bonchev–Trinajstić information content (AvgIpc) is 3.02. The number of nitrogens with zero attached hydrogens (tertiary/aromatic N) is 5. The number of hydrogen-bond donors (Lipinski definition) is 1. The maximum Gasteiger partial charge on any atom is 0.233 e. The number of tetrazole rings is 1. The predicted molar refractivity (Wildman–Crippen MR) is 77.4 cm³/mol. The first-order chi connectivity index (χ1) is 9.93. The molecule has 1 aliphatic rings. The maximum atomic E-state index is 12.1. The fraction of sp³-hybridized carbons (Fsp3) is 0.800. The summed E-state index contributed by atoms with van der Waals surface area (Å²) in [7, 11) is -1.36. The van der Waals surface area contributed by atoms with Gasteiger partial charge in [0.15, 0.2) is 9.84 Å². The smallest absolute Gasteiger partial charge is 0.233 e. The minimum atomic E-state index is -3.00. The number of aromatic nitrogens is 4. The predicted octanol–water partition coefficient (Wildman–Crippen LogP) is -1.63. The van der Waals surface area contributed by atoms with E-state index >= 15 is 0 Å². The molecule has 2 heterocycles. The molecule has 1 aromatic heterocycles. The molecule has 1 aromatic rings. The van der Waals surface area contributed by atoms with E-state index in [1.807, 2.05) is 0 Å². The van der Waals surface area contributed by atoms with Gasteiger partial charge in [-0.3, -0.25) is 4.79 Å². The minimum absolute atomic E-state index is 0.0464. The fourth-order valence-corrected chi connectivity index (χ4v) is 4.68. The van der Waals surface area contributed by atoms with Gasteiger partial charge in [-0.25, -0.2) is 13.1 Å². The largest absolute Gasteiger partial charge is 0.341 e. The lowest BCUT2D eigenvalue weighted by molar-refractivity contribution is -0.128. The van der Waals surface area contributed by atoms with Crippen LogP contribution in [0.4, 0.5) is 0 Å². The van der Waals surface area contributed by atoms with E-state index in [1.165, 1.54) is 21.3 Å². The van der Waals surface area contributed by atoms with Crippen molar-refractivity contribution in [3.8, 4) is 0 Å². The lowest BCUT2D eigenvalue weighted by atomic mass is 10.2. The zero-order valence-electron chi connectivity index (χ0n) is 11.7. The van der Waals surface area contributed by atoms with Gasteiger partial charge < -0.3 is 10.6 Å². The number of thioether (sulfide) groups is 1. The summed E-state index contributed by atoms with van der Waals surface area (Å²) < 4.78 is 24.4. The van der Waals surface area contributed by atoms with Gasteiger partial charge in [-0.1, -0.05) is 11.8 Å². The third-order valence-electron chi connectivity index (χ3n) is 3.31. The van der Waals surface area contributed by atoms with E-state index in [1.54, 1.807) is 7.05 Å². The van der Waals surface area contributed by atoms with Gasteiger partial charge in [0.05, 0.1) is 23.8 Å². The summed E-state index contributed by atoms with van der Waals surface area (Å²) in [5.74, 6) is 0.226. The van der Waals surface area contributed by atoms with Crippen LogP contribution in [0, 0.1) is 0 Å². The van der Waals surface area contributed by atoms with Crippen molar-refractivity contribution in [2.24, 2.45) is 5.73 Å². The van der Waals surface area contributed by atoms with Gasteiger partial charge in [-0.15, -0.1) is 5.10 Å². The Labute approximate surface area is 127 Å². The van der Waals surface area contributed by atoms with E-state index < -0.39 is 9.84 Å². The van der Waals surface area contributed by atoms with Gasteiger partial charge in [0.2, 0.25) is 11.1 Å². The number of sulfone groups is 1. The lowest BCUT2D eigenvalue weighted by Gasteiger charge is -2.23. The Hall–Kier alpha value is -1.20. The van der Waals surface area contributed by atoms with Crippen LogP contribution in [-0.4, -0.2) is 76.3 Å². The van der Waals surface area contributed by atoms with Gasteiger partial charge in [0.1, 0.15) is 0 Å². The van der Waals surface area contributed by atoms with Crippen molar-refractivity contribution in [1.29, 1.82) is 0 Å². The number of nitrogens with two attached hydrogens (primary N) is 1. The van der Waals surface area contributed by atoms with Crippen molar-refractivity contribution >= 4 is 27.5 Å². The molecule has 9 nitrogen and oxygen atoms in total. The first-order valence-corrected chi connectivity index (χ1v) is 9.29. The van der Waals surface area contributed by atoms with Gasteiger partial charge in [-0.2, -0.15) is 0 Å². The molecule has 0 aliphatic carbocycles. The number of amides is 1. The van der Waals surface area contributed by atoms with E-state index in [2.05, 4.69) is 15.5 Å². The summed E-state index contributed by atoms with van der Waals surface area (Å²) in [6.07, 6.45) is 0.500. The van der Waals surface area contributed by atoms with Crippen LogP contribution in [0.15, 0.2) is 5.16 Å². The lowest BCUT2D eigenvalue weighted by Crippen LogP contribution is -2.38. The molecule has 1 saturated heterocycles. The van der Waals surface area contributed by atoms with Crippen molar-refractivity contribution in [2.75, 3.05) is 30.9 Å². The van der Waals surface area contributed by atoms with Crippen molar-refractivity contribution in [1.82, 2.24) is 25.1 Å². The minimum Gasteiger partial charge on any atom is -0.341 e. The van der Waals surface area contributed by atoms with Gasteiger partial charge in [0.25, 0.3) is 0 Å². The van der Waals surface area contributed by atoms with Crippen molar-refractivity contribution in [3.63, 3.8) is 0 Å². The molecular formula is C10H18N6O3S2. The van der Waals surface area contributed by atoms with E-state index in [0.717, 1.165) is 0 Å². The summed E-state index contributed by atoms with van der Waals surface area (Å²) in [5, 5.41) is 11.7. The molecule has 0 bridgehead atoms. The summed E-state index contributed by atoms with van der Waals surface area (Å²) in [6, 6.07) is -0.233. The highest BCUT2D eigenvalue weighted by Gasteiger charge is 2.32. The quantitative estimate of drug-likeness (QED) is 0.615. The Balaban J connectivity index is 1.88. The Morgan fingerprint density at radius 2 is 2.33 bits per heavy atom. The molecule has 21 heavy (non-hydrogen) atoms. The van der Waals surface area contributed by atoms with Crippen LogP contribution in [0.1, 0.15) is 6.42 Å². The highest BCUT2D eigenvalue weighted by atomic mass is 32.2. The Morgan fingerprint density at radius 1 is 1.57 bits per heavy atom. The molecule has 0 spiro atoms. The molecule has 2 rings (SSSR count). The van der Waals surface area contributed by atoms with Crippen molar-refractivity contribution < 1.29 is 13.2 Å². The topological polar surface area (TPSA) is 124 Å². The highest BCUT2D eigenvalue weighted by Crippen LogP contribution is 2.19. The Morgan fingerprint density at radius 3 is 2.95 bits per heavy atom. The zero-order valence-corrected chi connectivity index (χ0v) is 13.3.